The van der Waals surface area contributed by atoms with Crippen LogP contribution in [0.15, 0.2) is 48.7 Å². The minimum Gasteiger partial charge on any atom is -0.495 e. The van der Waals surface area contributed by atoms with Crippen LogP contribution in [-0.4, -0.2) is 23.8 Å². The number of aromatic nitrogens is 1. The first kappa shape index (κ1) is 15.8. The number of carbonyl (C=O) groups excluding carboxylic acids is 2. The van der Waals surface area contributed by atoms with Gasteiger partial charge in [-0.2, -0.15) is 0 Å². The lowest BCUT2D eigenvalue weighted by molar-refractivity contribution is -0.112. The highest BCUT2D eigenvalue weighted by molar-refractivity contribution is 6.48. The molecule has 0 aliphatic rings. The molecular formula is C19H18N2O3. The molecular weight excluding hydrogens is 304 g/mol. The number of aromatic amines is 1. The molecule has 3 aromatic rings. The summed E-state index contributed by atoms with van der Waals surface area (Å²) < 4.78 is 5.18. The average Bonchev–Trinajstić information content (AvgIpc) is 3.05. The lowest BCUT2D eigenvalue weighted by Gasteiger charge is -2.09. The molecule has 5 nitrogen and oxygen atoms in total. The van der Waals surface area contributed by atoms with Crippen molar-refractivity contribution in [1.82, 2.24) is 4.98 Å². The van der Waals surface area contributed by atoms with Gasteiger partial charge in [0, 0.05) is 17.1 Å². The van der Waals surface area contributed by atoms with Gasteiger partial charge < -0.3 is 15.0 Å². The third-order valence-corrected chi connectivity index (χ3v) is 3.99. The number of anilines is 1. The van der Waals surface area contributed by atoms with Crippen molar-refractivity contribution in [3.05, 3.63) is 59.8 Å². The van der Waals surface area contributed by atoms with Gasteiger partial charge in [-0.25, -0.2) is 0 Å². The number of rotatable bonds is 5. The molecule has 1 aromatic heterocycles. The van der Waals surface area contributed by atoms with Crippen LogP contribution in [-0.2, 0) is 11.2 Å². The Labute approximate surface area is 139 Å². The lowest BCUT2D eigenvalue weighted by atomic mass is 10.0. The largest absolute Gasteiger partial charge is 0.495 e. The Hall–Kier alpha value is -3.08. The number of carbonyl (C=O) groups is 2. The second kappa shape index (κ2) is 6.58. The highest BCUT2D eigenvalue weighted by Gasteiger charge is 2.21. The minimum atomic E-state index is -0.692. The summed E-state index contributed by atoms with van der Waals surface area (Å²) in [7, 11) is 1.51. The topological polar surface area (TPSA) is 71.2 Å². The van der Waals surface area contributed by atoms with E-state index in [1.807, 2.05) is 25.1 Å². The molecule has 0 unspecified atom stereocenters. The van der Waals surface area contributed by atoms with Gasteiger partial charge in [-0.3, -0.25) is 9.59 Å². The molecule has 2 N–H and O–H groups in total. The zero-order chi connectivity index (χ0) is 17.1. The van der Waals surface area contributed by atoms with Crippen molar-refractivity contribution < 1.29 is 14.3 Å². The summed E-state index contributed by atoms with van der Waals surface area (Å²) in [6.07, 6.45) is 2.44. The number of ether oxygens (including phenoxy) is 1. The van der Waals surface area contributed by atoms with Gasteiger partial charge in [-0.15, -0.1) is 0 Å². The fraction of sp³-hybridized carbons (Fsp3) is 0.158. The van der Waals surface area contributed by atoms with Crippen LogP contribution in [0, 0.1) is 0 Å². The van der Waals surface area contributed by atoms with Crippen LogP contribution in [0.3, 0.4) is 0 Å². The maximum Gasteiger partial charge on any atom is 0.296 e. The Morgan fingerprint density at radius 2 is 1.92 bits per heavy atom. The van der Waals surface area contributed by atoms with Gasteiger partial charge in [0.05, 0.1) is 18.4 Å². The van der Waals surface area contributed by atoms with Gasteiger partial charge >= 0.3 is 0 Å². The van der Waals surface area contributed by atoms with E-state index in [-0.39, 0.29) is 0 Å². The van der Waals surface area contributed by atoms with Gasteiger partial charge in [0.1, 0.15) is 5.75 Å². The van der Waals surface area contributed by atoms with Gasteiger partial charge in [-0.05, 0) is 24.1 Å². The number of Topliss-reactive ketones (excluding diaryl/α,β-unsaturated/α-hetero) is 1. The summed E-state index contributed by atoms with van der Waals surface area (Å²) in [6.45, 7) is 2.05. The van der Waals surface area contributed by atoms with E-state index in [1.165, 1.54) is 7.11 Å². The van der Waals surface area contributed by atoms with Crippen LogP contribution in [0.25, 0.3) is 10.9 Å². The highest BCUT2D eigenvalue weighted by atomic mass is 16.5. The lowest BCUT2D eigenvalue weighted by Crippen LogP contribution is -2.23. The molecule has 0 fully saturated rings. The van der Waals surface area contributed by atoms with Gasteiger partial charge in [0.25, 0.3) is 11.7 Å². The summed E-state index contributed by atoms with van der Waals surface area (Å²) in [5.41, 5.74) is 2.84. The number of aryl methyl sites for hydroxylation is 1. The van der Waals surface area contributed by atoms with E-state index in [0.717, 1.165) is 22.9 Å². The quantitative estimate of drug-likeness (QED) is 0.557. The standard InChI is InChI=1S/C19H18N2O3/c1-3-12-7-6-8-13-14(11-20-17(12)13)18(22)19(23)21-15-9-4-5-10-16(15)24-2/h4-11,20H,3H2,1-2H3,(H,21,23). The predicted molar refractivity (Wildman–Crippen MR) is 93.6 cm³/mol. The zero-order valence-electron chi connectivity index (χ0n) is 13.6. The average molecular weight is 322 g/mol. The zero-order valence-corrected chi connectivity index (χ0v) is 13.6. The summed E-state index contributed by atoms with van der Waals surface area (Å²) in [5, 5.41) is 3.37. The highest BCUT2D eigenvalue weighted by Crippen LogP contribution is 2.25. The fourth-order valence-corrected chi connectivity index (χ4v) is 2.75. The summed E-state index contributed by atoms with van der Waals surface area (Å²) in [5.74, 6) is -0.770. The van der Waals surface area contributed by atoms with Crippen molar-refractivity contribution in [3.8, 4) is 5.75 Å². The predicted octanol–water partition coefficient (Wildman–Crippen LogP) is 3.56. The van der Waals surface area contributed by atoms with Crippen molar-refractivity contribution in [1.29, 1.82) is 0 Å². The van der Waals surface area contributed by atoms with Crippen LogP contribution < -0.4 is 10.1 Å². The maximum absolute atomic E-state index is 12.6. The number of hydrogen-bond acceptors (Lipinski definition) is 3. The van der Waals surface area contributed by atoms with E-state index in [9.17, 15) is 9.59 Å². The molecule has 5 heteroatoms. The summed E-state index contributed by atoms with van der Waals surface area (Å²) in [4.78, 5) is 28.0. The smallest absolute Gasteiger partial charge is 0.296 e. The molecule has 0 saturated heterocycles. The van der Waals surface area contributed by atoms with Crippen molar-refractivity contribution in [3.63, 3.8) is 0 Å². The van der Waals surface area contributed by atoms with Crippen molar-refractivity contribution in [2.75, 3.05) is 12.4 Å². The van der Waals surface area contributed by atoms with Crippen molar-refractivity contribution in [2.24, 2.45) is 0 Å². The fourth-order valence-electron chi connectivity index (χ4n) is 2.75. The number of para-hydroxylation sites is 3. The Balaban J connectivity index is 1.90. The van der Waals surface area contributed by atoms with E-state index < -0.39 is 11.7 Å². The monoisotopic (exact) mass is 322 g/mol. The molecule has 0 aliphatic heterocycles. The van der Waals surface area contributed by atoms with Gasteiger partial charge in [0.15, 0.2) is 0 Å². The van der Waals surface area contributed by atoms with E-state index in [0.29, 0.717) is 17.0 Å². The number of fused-ring (bicyclic) bond motifs is 1. The first-order valence-electron chi connectivity index (χ1n) is 7.73. The second-order valence-electron chi connectivity index (χ2n) is 5.38. The van der Waals surface area contributed by atoms with Crippen LogP contribution in [0.2, 0.25) is 0 Å². The molecule has 0 aliphatic carbocycles. The molecule has 1 amide bonds. The molecule has 0 atom stereocenters. The molecule has 1 heterocycles. The first-order valence-corrected chi connectivity index (χ1v) is 7.73. The van der Waals surface area contributed by atoms with Crippen molar-refractivity contribution >= 4 is 28.3 Å². The SMILES string of the molecule is CCc1cccc2c(C(=O)C(=O)Nc3ccccc3OC)c[nH]c12. The summed E-state index contributed by atoms with van der Waals surface area (Å²) in [6, 6.07) is 12.7. The Bertz CT molecular complexity index is 912. The first-order chi connectivity index (χ1) is 11.7. The third kappa shape index (κ3) is 2.76. The molecule has 24 heavy (non-hydrogen) atoms. The molecule has 0 saturated carbocycles. The van der Waals surface area contributed by atoms with E-state index >= 15 is 0 Å². The Morgan fingerprint density at radius 3 is 2.67 bits per heavy atom. The van der Waals surface area contributed by atoms with E-state index in [2.05, 4.69) is 10.3 Å². The Kier molecular flexibility index (Phi) is 4.33. The van der Waals surface area contributed by atoms with Crippen LogP contribution >= 0.6 is 0 Å². The maximum atomic E-state index is 12.6. The van der Waals surface area contributed by atoms with Crippen LogP contribution in [0.1, 0.15) is 22.8 Å². The number of ketones is 1. The Morgan fingerprint density at radius 1 is 1.12 bits per heavy atom. The molecule has 0 spiro atoms. The number of hydrogen-bond donors (Lipinski definition) is 2. The number of nitrogens with one attached hydrogen (secondary N) is 2. The molecule has 2 aromatic carbocycles. The number of methoxy groups -OCH3 is 1. The molecule has 122 valence electrons. The van der Waals surface area contributed by atoms with Crippen molar-refractivity contribution in [2.45, 2.75) is 13.3 Å². The summed E-state index contributed by atoms with van der Waals surface area (Å²) >= 11 is 0. The molecule has 3 rings (SSSR count). The number of H-pyrrole nitrogens is 1. The van der Waals surface area contributed by atoms with Gasteiger partial charge in [-0.1, -0.05) is 37.3 Å². The third-order valence-electron chi connectivity index (χ3n) is 3.99. The number of benzene rings is 2. The second-order valence-corrected chi connectivity index (χ2v) is 5.38. The van der Waals surface area contributed by atoms with Crippen LogP contribution in [0.4, 0.5) is 5.69 Å². The van der Waals surface area contributed by atoms with Gasteiger partial charge in [0.2, 0.25) is 0 Å². The molecule has 0 radical (unpaired) electrons. The molecule has 0 bridgehead atoms. The number of amides is 1. The van der Waals surface area contributed by atoms with E-state index in [4.69, 9.17) is 4.74 Å². The normalized spacial score (nSPS) is 10.6. The van der Waals surface area contributed by atoms with Crippen LogP contribution in [0.5, 0.6) is 5.75 Å². The van der Waals surface area contributed by atoms with E-state index in [1.54, 1.807) is 30.5 Å². The minimum absolute atomic E-state index is 0.368.